The van der Waals surface area contributed by atoms with Gasteiger partial charge in [-0.3, -0.25) is 10.0 Å². The molecule has 176 valence electrons. The normalized spacial score (nSPS) is 29.0. The Morgan fingerprint density at radius 1 is 1.23 bits per heavy atom. The zero-order valence-electron chi connectivity index (χ0n) is 16.8. The fourth-order valence-corrected chi connectivity index (χ4v) is 4.26. The topological polar surface area (TPSA) is 195 Å². The van der Waals surface area contributed by atoms with Crippen LogP contribution in [-0.4, -0.2) is 101 Å². The third kappa shape index (κ3) is 5.68. The molecule has 1 heterocycles. The van der Waals surface area contributed by atoms with E-state index in [1.807, 2.05) is 0 Å². The number of hydrogen-bond acceptors (Lipinski definition) is 11. The van der Waals surface area contributed by atoms with Gasteiger partial charge in [-0.1, -0.05) is 0 Å². The first-order chi connectivity index (χ1) is 14.5. The number of ether oxygens (including phenoxy) is 3. The van der Waals surface area contributed by atoms with E-state index >= 15 is 0 Å². The molecule has 0 spiro atoms. The molecule has 0 aliphatic carbocycles. The number of rotatable bonds is 9. The van der Waals surface area contributed by atoms with Crippen molar-refractivity contribution < 1.29 is 53.1 Å². The van der Waals surface area contributed by atoms with E-state index in [0.717, 1.165) is 0 Å². The van der Waals surface area contributed by atoms with E-state index in [1.165, 1.54) is 43.8 Å². The highest BCUT2D eigenvalue weighted by Crippen LogP contribution is 2.29. The monoisotopic (exact) mass is 466 g/mol. The van der Waals surface area contributed by atoms with E-state index in [9.17, 15) is 33.6 Å². The molecule has 1 aliphatic rings. The van der Waals surface area contributed by atoms with Crippen LogP contribution >= 0.6 is 0 Å². The fraction of sp³-hybridized carbons (Fsp3) is 0.588. The van der Waals surface area contributed by atoms with Crippen molar-refractivity contribution >= 4 is 15.9 Å². The number of hydroxylamine groups is 1. The number of carbonyl (C=O) groups excluding carboxylic acids is 1. The Morgan fingerprint density at radius 2 is 1.84 bits per heavy atom. The lowest BCUT2D eigenvalue weighted by molar-refractivity contribution is -0.445. The molecule has 1 amide bonds. The lowest BCUT2D eigenvalue weighted by Crippen LogP contribution is -2.65. The van der Waals surface area contributed by atoms with Gasteiger partial charge in [0.15, 0.2) is 6.10 Å². The number of carbonyl (C=O) groups is 1. The molecule has 0 saturated carbocycles. The molecule has 0 radical (unpaired) electrons. The Morgan fingerprint density at radius 3 is 2.39 bits per heavy atom. The van der Waals surface area contributed by atoms with Gasteiger partial charge < -0.3 is 34.6 Å². The summed E-state index contributed by atoms with van der Waals surface area (Å²) < 4.78 is 41.5. The Kier molecular flexibility index (Phi) is 8.32. The van der Waals surface area contributed by atoms with Gasteiger partial charge in [-0.2, -0.15) is 4.31 Å². The van der Waals surface area contributed by atoms with Crippen molar-refractivity contribution in [2.24, 2.45) is 0 Å². The summed E-state index contributed by atoms with van der Waals surface area (Å²) in [6.07, 6.45) is -6.43. The highest BCUT2D eigenvalue weighted by atomic mass is 32.2. The maximum Gasteiger partial charge on any atom is 0.311 e. The van der Waals surface area contributed by atoms with Crippen LogP contribution in [0.3, 0.4) is 0 Å². The number of methoxy groups -OCH3 is 1. The molecule has 13 nitrogen and oxygen atoms in total. The minimum Gasteiger partial charge on any atom is -0.497 e. The van der Waals surface area contributed by atoms with Gasteiger partial charge >= 0.3 is 5.97 Å². The van der Waals surface area contributed by atoms with Gasteiger partial charge in [0.05, 0.1) is 31.3 Å². The van der Waals surface area contributed by atoms with Crippen LogP contribution in [0, 0.1) is 0 Å². The number of benzene rings is 1. The molecule has 14 heteroatoms. The summed E-state index contributed by atoms with van der Waals surface area (Å²) in [7, 11) is -2.84. The number of aliphatic hydroxyl groups is 4. The molecule has 5 atom stereocenters. The average molecular weight is 466 g/mol. The number of nitrogens with zero attached hydrogens (tertiary/aromatic N) is 1. The van der Waals surface area contributed by atoms with E-state index in [1.54, 1.807) is 0 Å². The van der Waals surface area contributed by atoms with Gasteiger partial charge in [-0.25, -0.2) is 13.9 Å². The highest BCUT2D eigenvalue weighted by molar-refractivity contribution is 7.89. The van der Waals surface area contributed by atoms with Crippen LogP contribution in [0.5, 0.6) is 5.75 Å². The molecule has 5 unspecified atom stereocenters. The Labute approximate surface area is 178 Å². The maximum atomic E-state index is 12.9. The molecule has 1 aromatic rings. The second kappa shape index (κ2) is 10.2. The van der Waals surface area contributed by atoms with Crippen LogP contribution in [0.4, 0.5) is 0 Å². The SMILES string of the molecule is COc1ccc(S(=O)(=O)N(CCOC2(O)OC(C)C(O)C(O)C2O)CC(=O)NO)cc1. The van der Waals surface area contributed by atoms with Crippen molar-refractivity contribution in [3.63, 3.8) is 0 Å². The van der Waals surface area contributed by atoms with Crippen LogP contribution in [0.2, 0.25) is 0 Å². The fourth-order valence-electron chi connectivity index (χ4n) is 2.88. The quantitative estimate of drug-likeness (QED) is 0.126. The number of nitrogens with one attached hydrogen (secondary N) is 1. The largest absolute Gasteiger partial charge is 0.497 e. The van der Waals surface area contributed by atoms with Crippen LogP contribution in [0.25, 0.3) is 0 Å². The smallest absolute Gasteiger partial charge is 0.311 e. The van der Waals surface area contributed by atoms with E-state index in [0.29, 0.717) is 10.1 Å². The Hall–Kier alpha value is -1.88. The third-order valence-corrected chi connectivity index (χ3v) is 6.53. The number of hydrogen-bond donors (Lipinski definition) is 6. The molecule has 6 N–H and O–H groups in total. The molecular weight excluding hydrogens is 440 g/mol. The Bertz CT molecular complexity index is 850. The number of aliphatic hydroxyl groups excluding tert-OH is 3. The molecule has 1 fully saturated rings. The van der Waals surface area contributed by atoms with Gasteiger partial charge in [0.2, 0.25) is 10.0 Å². The predicted molar refractivity (Wildman–Crippen MR) is 101 cm³/mol. The summed E-state index contributed by atoms with van der Waals surface area (Å²) in [5, 5.41) is 48.6. The van der Waals surface area contributed by atoms with E-state index in [-0.39, 0.29) is 4.90 Å². The summed E-state index contributed by atoms with van der Waals surface area (Å²) >= 11 is 0. The third-order valence-electron chi connectivity index (χ3n) is 4.67. The number of amides is 1. The maximum absolute atomic E-state index is 12.9. The summed E-state index contributed by atoms with van der Waals surface area (Å²) in [5.74, 6) is -3.35. The van der Waals surface area contributed by atoms with Crippen molar-refractivity contribution in [1.82, 2.24) is 9.79 Å². The van der Waals surface area contributed by atoms with Crippen molar-refractivity contribution in [2.75, 3.05) is 26.8 Å². The summed E-state index contributed by atoms with van der Waals surface area (Å²) in [6, 6.07) is 5.30. The molecule has 31 heavy (non-hydrogen) atoms. The minimum absolute atomic E-state index is 0.182. The highest BCUT2D eigenvalue weighted by Gasteiger charge is 2.53. The van der Waals surface area contributed by atoms with Crippen molar-refractivity contribution in [3.05, 3.63) is 24.3 Å². The van der Waals surface area contributed by atoms with Crippen molar-refractivity contribution in [3.8, 4) is 5.75 Å². The lowest BCUT2D eigenvalue weighted by atomic mass is 9.98. The second-order valence-electron chi connectivity index (χ2n) is 6.78. The first-order valence-electron chi connectivity index (χ1n) is 9.11. The molecule has 1 saturated heterocycles. The molecule has 0 bridgehead atoms. The molecular formula is C17H26N2O11S. The van der Waals surface area contributed by atoms with Crippen LogP contribution < -0.4 is 10.2 Å². The van der Waals surface area contributed by atoms with Gasteiger partial charge in [-0.05, 0) is 31.2 Å². The first kappa shape index (κ1) is 25.4. The van der Waals surface area contributed by atoms with Crippen LogP contribution in [0.1, 0.15) is 6.92 Å². The van der Waals surface area contributed by atoms with Gasteiger partial charge in [0.25, 0.3) is 5.91 Å². The van der Waals surface area contributed by atoms with Gasteiger partial charge in [-0.15, -0.1) is 0 Å². The minimum atomic E-state index is -4.25. The van der Waals surface area contributed by atoms with Crippen LogP contribution in [-0.2, 0) is 24.3 Å². The molecule has 0 aromatic heterocycles. The summed E-state index contributed by atoms with van der Waals surface area (Å²) in [5.41, 5.74) is 1.33. The van der Waals surface area contributed by atoms with Crippen LogP contribution in [0.15, 0.2) is 29.2 Å². The van der Waals surface area contributed by atoms with Crippen molar-refractivity contribution in [2.45, 2.75) is 42.2 Å². The molecule has 2 rings (SSSR count). The van der Waals surface area contributed by atoms with Gasteiger partial charge in [0, 0.05) is 6.54 Å². The second-order valence-corrected chi connectivity index (χ2v) is 8.72. The number of sulfonamides is 1. The first-order valence-corrected chi connectivity index (χ1v) is 10.6. The summed E-state index contributed by atoms with van der Waals surface area (Å²) in [4.78, 5) is 11.4. The average Bonchev–Trinajstić information content (AvgIpc) is 2.75. The molecule has 1 aliphatic heterocycles. The lowest BCUT2D eigenvalue weighted by Gasteiger charge is -2.44. The van der Waals surface area contributed by atoms with E-state index in [4.69, 9.17) is 19.4 Å². The standard InChI is InChI=1S/C17H26N2O11S/c1-10-14(21)15(22)16(23)17(24,30-10)29-8-7-19(9-13(20)18-25)31(26,27)12-5-3-11(28-2)4-6-12/h3-6,10,14-16,21-25H,7-9H2,1-2H3,(H,18,20). The van der Waals surface area contributed by atoms with E-state index < -0.39 is 66.0 Å². The zero-order valence-corrected chi connectivity index (χ0v) is 17.6. The van der Waals surface area contributed by atoms with Crippen molar-refractivity contribution in [1.29, 1.82) is 0 Å². The van der Waals surface area contributed by atoms with E-state index in [2.05, 4.69) is 0 Å². The Balaban J connectivity index is 2.16. The molecule has 1 aromatic carbocycles. The summed E-state index contributed by atoms with van der Waals surface area (Å²) in [6.45, 7) is -0.557. The van der Waals surface area contributed by atoms with Gasteiger partial charge in [0.1, 0.15) is 18.0 Å². The zero-order chi connectivity index (χ0) is 23.4. The predicted octanol–water partition coefficient (Wildman–Crippen LogP) is -2.64.